The van der Waals surface area contributed by atoms with E-state index in [0.29, 0.717) is 23.5 Å². The van der Waals surface area contributed by atoms with Crippen LogP contribution in [0.5, 0.6) is 0 Å². The number of rotatable bonds is 5. The highest BCUT2D eigenvalue weighted by atomic mass is 32.1. The number of carbonyl (C=O) groups excluding carboxylic acids is 3. The highest BCUT2D eigenvalue weighted by molar-refractivity contribution is 7.13. The number of cyclic esters (lactones) is 1. The van der Waals surface area contributed by atoms with E-state index in [-0.39, 0.29) is 25.8 Å². The number of hydrogen-bond donors (Lipinski definition) is 1. The summed E-state index contributed by atoms with van der Waals surface area (Å²) in [6.07, 6.45) is 0.615. The lowest BCUT2D eigenvalue weighted by atomic mass is 10.2. The third kappa shape index (κ3) is 4.42. The Morgan fingerprint density at radius 3 is 2.41 bits per heavy atom. The summed E-state index contributed by atoms with van der Waals surface area (Å²) in [6, 6.07) is 11.0. The first-order valence-electron chi connectivity index (χ1n) is 9.24. The number of ether oxygens (including phenoxy) is 1. The molecule has 0 spiro atoms. The minimum atomic E-state index is -0.434. The molecule has 3 heterocycles. The topological polar surface area (TPSA) is 79.0 Å². The molecule has 0 aliphatic carbocycles. The summed E-state index contributed by atoms with van der Waals surface area (Å²) in [7, 11) is 0. The Kier molecular flexibility index (Phi) is 6.22. The predicted molar refractivity (Wildman–Crippen MR) is 114 cm³/mol. The standard InChI is InChI=1S/C20H21N3O4S.CH4/c1-13-4-9-17(28-13)19(25)21-11-16-12-23(20(26)27-16)15-7-5-14(6-8-15)22-10-2-3-18(22)24;/h4-9,16H,2-3,10-12H2,1H3,(H,21,25);1H4/t16-;/m0./s1. The first-order valence-corrected chi connectivity index (χ1v) is 10.1. The van der Waals surface area contributed by atoms with Crippen molar-refractivity contribution >= 4 is 40.6 Å². The van der Waals surface area contributed by atoms with Crippen molar-refractivity contribution in [2.75, 3.05) is 29.4 Å². The van der Waals surface area contributed by atoms with E-state index in [4.69, 9.17) is 4.74 Å². The molecule has 2 aromatic rings. The number of benzene rings is 1. The minimum absolute atomic E-state index is 0. The van der Waals surface area contributed by atoms with Gasteiger partial charge in [-0.15, -0.1) is 11.3 Å². The molecule has 2 fully saturated rings. The van der Waals surface area contributed by atoms with E-state index in [9.17, 15) is 14.4 Å². The Labute approximate surface area is 174 Å². The fraction of sp³-hybridized carbons (Fsp3) is 0.381. The number of hydrogen-bond acceptors (Lipinski definition) is 5. The normalized spacial score (nSPS) is 18.6. The Morgan fingerprint density at radius 2 is 1.83 bits per heavy atom. The molecule has 4 rings (SSSR count). The predicted octanol–water partition coefficient (Wildman–Crippen LogP) is 3.57. The van der Waals surface area contributed by atoms with Crippen molar-refractivity contribution in [1.29, 1.82) is 0 Å². The van der Waals surface area contributed by atoms with Crippen LogP contribution in [0.3, 0.4) is 0 Å². The number of nitrogens with zero attached hydrogens (tertiary/aromatic N) is 2. The van der Waals surface area contributed by atoms with Crippen LogP contribution >= 0.6 is 11.3 Å². The van der Waals surface area contributed by atoms with Gasteiger partial charge in [-0.05, 0) is 49.7 Å². The van der Waals surface area contributed by atoms with E-state index >= 15 is 0 Å². The maximum Gasteiger partial charge on any atom is 0.414 e. The maximum atomic E-state index is 12.2. The molecular weight excluding hydrogens is 390 g/mol. The summed E-state index contributed by atoms with van der Waals surface area (Å²) in [5.74, 6) is -0.0303. The number of amides is 3. The largest absolute Gasteiger partial charge is 0.442 e. The first kappa shape index (κ1) is 20.9. The van der Waals surface area contributed by atoms with Crippen molar-refractivity contribution in [3.63, 3.8) is 0 Å². The Morgan fingerprint density at radius 1 is 1.14 bits per heavy atom. The fourth-order valence-corrected chi connectivity index (χ4v) is 4.21. The van der Waals surface area contributed by atoms with Crippen molar-refractivity contribution in [1.82, 2.24) is 5.32 Å². The molecule has 1 atom stereocenters. The van der Waals surface area contributed by atoms with Gasteiger partial charge in [-0.3, -0.25) is 14.5 Å². The van der Waals surface area contributed by atoms with Crippen molar-refractivity contribution in [3.8, 4) is 0 Å². The molecule has 8 heteroatoms. The van der Waals surface area contributed by atoms with Crippen molar-refractivity contribution in [2.45, 2.75) is 33.3 Å². The first-order chi connectivity index (χ1) is 13.5. The van der Waals surface area contributed by atoms with E-state index in [1.165, 1.54) is 11.3 Å². The summed E-state index contributed by atoms with van der Waals surface area (Å²) in [6.45, 7) is 3.31. The van der Waals surface area contributed by atoms with Crippen molar-refractivity contribution in [2.24, 2.45) is 0 Å². The van der Waals surface area contributed by atoms with E-state index in [1.54, 1.807) is 15.9 Å². The van der Waals surface area contributed by atoms with Gasteiger partial charge >= 0.3 is 6.09 Å². The van der Waals surface area contributed by atoms with Gasteiger partial charge in [0, 0.05) is 29.2 Å². The summed E-state index contributed by atoms with van der Waals surface area (Å²) >= 11 is 1.43. The Bertz CT molecular complexity index is 909. The SMILES string of the molecule is C.Cc1ccc(C(=O)NC[C@H]2CN(c3ccc(N4CCCC4=O)cc3)C(=O)O2)s1. The van der Waals surface area contributed by atoms with Gasteiger partial charge in [0.2, 0.25) is 5.91 Å². The summed E-state index contributed by atoms with van der Waals surface area (Å²) in [5, 5.41) is 2.82. The molecule has 29 heavy (non-hydrogen) atoms. The van der Waals surface area contributed by atoms with E-state index in [2.05, 4.69) is 5.32 Å². The average molecular weight is 416 g/mol. The monoisotopic (exact) mass is 415 g/mol. The quantitative estimate of drug-likeness (QED) is 0.810. The third-order valence-corrected chi connectivity index (χ3v) is 5.87. The minimum Gasteiger partial charge on any atom is -0.442 e. The second-order valence-electron chi connectivity index (χ2n) is 6.90. The van der Waals surface area contributed by atoms with E-state index in [0.717, 1.165) is 23.5 Å². The maximum absolute atomic E-state index is 12.2. The van der Waals surface area contributed by atoms with Gasteiger partial charge < -0.3 is 15.0 Å². The smallest absolute Gasteiger partial charge is 0.414 e. The van der Waals surface area contributed by atoms with Crippen LogP contribution in [0.1, 0.15) is 34.8 Å². The zero-order chi connectivity index (χ0) is 19.7. The van der Waals surface area contributed by atoms with Gasteiger partial charge in [-0.1, -0.05) is 7.43 Å². The van der Waals surface area contributed by atoms with Gasteiger partial charge in [0.25, 0.3) is 5.91 Å². The lowest BCUT2D eigenvalue weighted by Gasteiger charge is -2.18. The zero-order valence-electron chi connectivity index (χ0n) is 15.5. The lowest BCUT2D eigenvalue weighted by molar-refractivity contribution is -0.117. The molecule has 0 saturated carbocycles. The molecule has 154 valence electrons. The molecule has 1 N–H and O–H groups in total. The van der Waals surface area contributed by atoms with Crippen LogP contribution in [0, 0.1) is 6.92 Å². The number of nitrogens with one attached hydrogen (secondary N) is 1. The zero-order valence-corrected chi connectivity index (χ0v) is 16.3. The number of anilines is 2. The number of carbonyl (C=O) groups is 3. The van der Waals surface area contributed by atoms with Crippen LogP contribution in [-0.4, -0.2) is 43.6 Å². The van der Waals surface area contributed by atoms with E-state index < -0.39 is 12.2 Å². The Hall–Kier alpha value is -2.87. The van der Waals surface area contributed by atoms with Crippen LogP contribution in [-0.2, 0) is 9.53 Å². The molecule has 2 aliphatic rings. The van der Waals surface area contributed by atoms with E-state index in [1.807, 2.05) is 37.3 Å². The van der Waals surface area contributed by atoms with Crippen LogP contribution < -0.4 is 15.1 Å². The van der Waals surface area contributed by atoms with Crippen LogP contribution in [0.2, 0.25) is 0 Å². The molecule has 0 radical (unpaired) electrons. The van der Waals surface area contributed by atoms with Crippen LogP contribution in [0.4, 0.5) is 16.2 Å². The molecule has 2 saturated heterocycles. The second kappa shape index (κ2) is 8.65. The molecule has 0 unspecified atom stereocenters. The van der Waals surface area contributed by atoms with Crippen molar-refractivity contribution < 1.29 is 19.1 Å². The molecular formula is C21H25N3O4S. The fourth-order valence-electron chi connectivity index (χ4n) is 3.42. The Balaban J connectivity index is 0.00000240. The molecule has 0 bridgehead atoms. The van der Waals surface area contributed by atoms with Gasteiger partial charge in [0.15, 0.2) is 0 Å². The van der Waals surface area contributed by atoms with Gasteiger partial charge in [0.1, 0.15) is 6.10 Å². The molecule has 2 aliphatic heterocycles. The third-order valence-electron chi connectivity index (χ3n) is 4.87. The summed E-state index contributed by atoms with van der Waals surface area (Å²) in [5.41, 5.74) is 1.55. The highest BCUT2D eigenvalue weighted by Crippen LogP contribution is 2.27. The molecule has 7 nitrogen and oxygen atoms in total. The van der Waals surface area contributed by atoms with Gasteiger partial charge in [-0.25, -0.2) is 4.79 Å². The average Bonchev–Trinajstić information content (AvgIpc) is 3.40. The molecule has 3 amide bonds. The summed E-state index contributed by atoms with van der Waals surface area (Å²) in [4.78, 5) is 41.2. The molecule has 1 aromatic heterocycles. The summed E-state index contributed by atoms with van der Waals surface area (Å²) < 4.78 is 5.38. The highest BCUT2D eigenvalue weighted by Gasteiger charge is 2.33. The van der Waals surface area contributed by atoms with Crippen LogP contribution in [0.15, 0.2) is 36.4 Å². The lowest BCUT2D eigenvalue weighted by Crippen LogP contribution is -2.34. The molecule has 1 aromatic carbocycles. The van der Waals surface area contributed by atoms with Gasteiger partial charge in [0.05, 0.1) is 18.0 Å². The second-order valence-corrected chi connectivity index (χ2v) is 8.19. The number of thiophene rings is 1. The van der Waals surface area contributed by atoms with Crippen molar-refractivity contribution in [3.05, 3.63) is 46.2 Å². The number of aryl methyl sites for hydroxylation is 1. The van der Waals surface area contributed by atoms with Crippen LogP contribution in [0.25, 0.3) is 0 Å². The van der Waals surface area contributed by atoms with Gasteiger partial charge in [-0.2, -0.15) is 0 Å².